The van der Waals surface area contributed by atoms with Crippen molar-refractivity contribution in [3.63, 3.8) is 0 Å². The molecule has 3 aromatic carbocycles. The molecule has 0 aliphatic heterocycles. The molecule has 36 heavy (non-hydrogen) atoms. The first-order valence-electron chi connectivity index (χ1n) is 11.1. The topological polar surface area (TPSA) is 112 Å². The number of fused-ring (bicyclic) bond motifs is 1. The minimum absolute atomic E-state index is 0.244. The number of anilines is 1. The number of carbonyl (C=O) groups is 1. The lowest BCUT2D eigenvalue weighted by molar-refractivity contribution is -0.131. The Labute approximate surface area is 206 Å². The number of nitrogen functional groups attached to an aromatic ring is 1. The fourth-order valence-corrected chi connectivity index (χ4v) is 4.15. The lowest BCUT2D eigenvalue weighted by Gasteiger charge is -2.12. The van der Waals surface area contributed by atoms with Gasteiger partial charge in [0.15, 0.2) is 5.82 Å². The maximum absolute atomic E-state index is 11.6. The van der Waals surface area contributed by atoms with Crippen LogP contribution in [0, 0.1) is 0 Å². The third-order valence-electron chi connectivity index (χ3n) is 5.65. The Morgan fingerprint density at radius 3 is 2.53 bits per heavy atom. The molecule has 0 aliphatic carbocycles. The zero-order valence-corrected chi connectivity index (χ0v) is 19.3. The molecular weight excluding hydrogens is 456 g/mol. The van der Waals surface area contributed by atoms with Crippen LogP contribution in [0.5, 0.6) is 17.2 Å². The van der Waals surface area contributed by atoms with E-state index in [0.717, 1.165) is 11.6 Å². The normalized spacial score (nSPS) is 11.1. The van der Waals surface area contributed by atoms with Crippen LogP contribution in [0.4, 0.5) is 5.82 Å². The number of nitrogens with zero attached hydrogens (tertiary/aromatic N) is 3. The van der Waals surface area contributed by atoms with Crippen LogP contribution >= 0.6 is 0 Å². The molecule has 8 heteroatoms. The molecule has 8 nitrogen and oxygen atoms in total. The first kappa shape index (κ1) is 22.7. The van der Waals surface area contributed by atoms with Crippen LogP contribution in [-0.2, 0) is 4.79 Å². The predicted octanol–water partition coefficient (Wildman–Crippen LogP) is 5.54. The number of para-hydroxylation sites is 2. The van der Waals surface area contributed by atoms with E-state index in [9.17, 15) is 9.90 Å². The number of carboxylic acid groups (broad SMARTS) is 1. The number of nitrogens with two attached hydrogens (primary N) is 1. The van der Waals surface area contributed by atoms with Crippen molar-refractivity contribution in [3.05, 3.63) is 96.8 Å². The van der Waals surface area contributed by atoms with Crippen LogP contribution < -0.4 is 15.2 Å². The second kappa shape index (κ2) is 9.63. The Hall–Kier alpha value is -5.11. The van der Waals surface area contributed by atoms with E-state index in [0.29, 0.717) is 45.1 Å². The predicted molar refractivity (Wildman–Crippen MR) is 138 cm³/mol. The summed E-state index contributed by atoms with van der Waals surface area (Å²) in [6, 6.07) is 24.3. The highest BCUT2D eigenvalue weighted by molar-refractivity contribution is 6.02. The van der Waals surface area contributed by atoms with Crippen LogP contribution in [0.1, 0.15) is 5.56 Å². The lowest BCUT2D eigenvalue weighted by Crippen LogP contribution is -2.01. The van der Waals surface area contributed by atoms with Crippen molar-refractivity contribution in [2.24, 2.45) is 0 Å². The molecule has 0 saturated heterocycles. The van der Waals surface area contributed by atoms with Crippen LogP contribution in [0.2, 0.25) is 0 Å². The van der Waals surface area contributed by atoms with Crippen molar-refractivity contribution < 1.29 is 19.4 Å². The minimum atomic E-state index is -1.08. The number of aromatic nitrogens is 3. The summed E-state index contributed by atoms with van der Waals surface area (Å²) >= 11 is 0. The smallest absolute Gasteiger partial charge is 0.328 e. The van der Waals surface area contributed by atoms with Gasteiger partial charge in [0.05, 0.1) is 12.8 Å². The van der Waals surface area contributed by atoms with Crippen molar-refractivity contribution in [3.8, 4) is 39.6 Å². The highest BCUT2D eigenvalue weighted by Crippen LogP contribution is 2.44. The van der Waals surface area contributed by atoms with Gasteiger partial charge in [-0.3, -0.25) is 0 Å². The largest absolute Gasteiger partial charge is 0.497 e. The van der Waals surface area contributed by atoms with Crippen LogP contribution in [0.3, 0.4) is 0 Å². The monoisotopic (exact) mass is 478 g/mol. The number of benzene rings is 3. The molecule has 5 rings (SSSR count). The van der Waals surface area contributed by atoms with Gasteiger partial charge >= 0.3 is 5.97 Å². The van der Waals surface area contributed by atoms with Gasteiger partial charge < -0.3 is 20.3 Å². The number of aliphatic carboxylic acids is 1. The van der Waals surface area contributed by atoms with Crippen molar-refractivity contribution >= 4 is 23.4 Å². The van der Waals surface area contributed by atoms with Crippen molar-refractivity contribution in [1.29, 1.82) is 0 Å². The van der Waals surface area contributed by atoms with Gasteiger partial charge in [-0.05, 0) is 36.4 Å². The lowest BCUT2D eigenvalue weighted by atomic mass is 9.97. The van der Waals surface area contributed by atoms with E-state index in [-0.39, 0.29) is 5.82 Å². The van der Waals surface area contributed by atoms with Gasteiger partial charge in [0.25, 0.3) is 0 Å². The van der Waals surface area contributed by atoms with Gasteiger partial charge in [-0.2, -0.15) is 5.10 Å². The third kappa shape index (κ3) is 4.23. The Morgan fingerprint density at radius 1 is 1.00 bits per heavy atom. The molecule has 0 saturated carbocycles. The SMILES string of the molecule is COc1cccc(-c2c(/C=C/C(=O)O)c(-c3ccccc3Oc3ccccc3)c3c(N)ncnn23)c1. The molecule has 2 aromatic heterocycles. The molecule has 0 fully saturated rings. The van der Waals surface area contributed by atoms with Gasteiger partial charge in [0.2, 0.25) is 0 Å². The van der Waals surface area contributed by atoms with Gasteiger partial charge in [0.1, 0.15) is 29.1 Å². The Bertz CT molecular complexity index is 1590. The molecule has 0 amide bonds. The maximum atomic E-state index is 11.6. The van der Waals surface area contributed by atoms with Crippen LogP contribution in [0.15, 0.2) is 91.3 Å². The molecule has 0 bridgehead atoms. The molecule has 0 atom stereocenters. The fourth-order valence-electron chi connectivity index (χ4n) is 4.15. The highest BCUT2D eigenvalue weighted by Gasteiger charge is 2.25. The maximum Gasteiger partial charge on any atom is 0.328 e. The molecule has 0 spiro atoms. The number of rotatable bonds is 7. The first-order valence-corrected chi connectivity index (χ1v) is 11.1. The van der Waals surface area contributed by atoms with E-state index >= 15 is 0 Å². The number of hydrogen-bond donors (Lipinski definition) is 2. The average Bonchev–Trinajstić information content (AvgIpc) is 3.23. The number of ether oxygens (including phenoxy) is 2. The molecule has 0 aliphatic rings. The van der Waals surface area contributed by atoms with E-state index in [1.807, 2.05) is 78.9 Å². The molecule has 3 N–H and O–H groups in total. The highest BCUT2D eigenvalue weighted by atomic mass is 16.5. The van der Waals surface area contributed by atoms with E-state index in [2.05, 4.69) is 10.1 Å². The molecule has 0 unspecified atom stereocenters. The van der Waals surface area contributed by atoms with E-state index in [4.69, 9.17) is 15.2 Å². The Balaban J connectivity index is 1.86. The third-order valence-corrected chi connectivity index (χ3v) is 5.65. The molecule has 0 radical (unpaired) electrons. The summed E-state index contributed by atoms with van der Waals surface area (Å²) in [7, 11) is 1.59. The Morgan fingerprint density at radius 2 is 1.75 bits per heavy atom. The Kier molecular flexibility index (Phi) is 6.07. The first-order chi connectivity index (χ1) is 17.6. The zero-order chi connectivity index (χ0) is 25.1. The summed E-state index contributed by atoms with van der Waals surface area (Å²) in [6.45, 7) is 0. The summed E-state index contributed by atoms with van der Waals surface area (Å²) in [5.41, 5.74) is 10.3. The van der Waals surface area contributed by atoms with Crippen LogP contribution in [0.25, 0.3) is 34.0 Å². The summed E-state index contributed by atoms with van der Waals surface area (Å²) in [4.78, 5) is 15.8. The molecular formula is C28H22N4O4. The molecule has 178 valence electrons. The average molecular weight is 479 g/mol. The number of carboxylic acids is 1. The summed E-state index contributed by atoms with van der Waals surface area (Å²) in [5.74, 6) is 1.04. The van der Waals surface area contributed by atoms with Crippen molar-refractivity contribution in [2.45, 2.75) is 0 Å². The number of methoxy groups -OCH3 is 1. The number of hydrogen-bond acceptors (Lipinski definition) is 6. The van der Waals surface area contributed by atoms with E-state index in [1.54, 1.807) is 17.7 Å². The van der Waals surface area contributed by atoms with Gasteiger partial charge in [0, 0.05) is 28.3 Å². The van der Waals surface area contributed by atoms with Gasteiger partial charge in [-0.25, -0.2) is 14.3 Å². The van der Waals surface area contributed by atoms with E-state index < -0.39 is 5.97 Å². The standard InChI is InChI=1S/C28H22N4O4/c1-35-20-11-7-8-18(16-20)26-22(14-15-24(33)34)25(27-28(29)30-17-31-32(26)27)21-12-5-6-13-23(21)36-19-9-3-2-4-10-19/h2-17H,1H3,(H,33,34)(H2,29,30,31)/b15-14+. The van der Waals surface area contributed by atoms with Gasteiger partial charge in [-0.1, -0.05) is 48.5 Å². The quantitative estimate of drug-likeness (QED) is 0.295. The van der Waals surface area contributed by atoms with Crippen molar-refractivity contribution in [2.75, 3.05) is 12.8 Å². The summed E-state index contributed by atoms with van der Waals surface area (Å²) in [6.07, 6.45) is 4.00. The minimum Gasteiger partial charge on any atom is -0.497 e. The second-order valence-electron chi connectivity index (χ2n) is 7.86. The molecule has 5 aromatic rings. The second-order valence-corrected chi connectivity index (χ2v) is 7.86. The zero-order valence-electron chi connectivity index (χ0n) is 19.3. The van der Waals surface area contributed by atoms with Crippen molar-refractivity contribution in [1.82, 2.24) is 14.6 Å². The van der Waals surface area contributed by atoms with E-state index in [1.165, 1.54) is 6.33 Å². The summed E-state index contributed by atoms with van der Waals surface area (Å²) < 4.78 is 13.3. The molecule has 2 heterocycles. The summed E-state index contributed by atoms with van der Waals surface area (Å²) in [5, 5.41) is 14.0. The van der Waals surface area contributed by atoms with Gasteiger partial charge in [-0.15, -0.1) is 0 Å². The fraction of sp³-hybridized carbons (Fsp3) is 0.0357. The van der Waals surface area contributed by atoms with Crippen LogP contribution in [-0.4, -0.2) is 32.8 Å².